The first-order valence-corrected chi connectivity index (χ1v) is 7.21. The molecule has 5 nitrogen and oxygen atoms in total. The molecule has 1 amide bonds. The molecule has 0 radical (unpaired) electrons. The number of aromatic amines is 1. The molecule has 0 unspecified atom stereocenters. The van der Waals surface area contributed by atoms with Crippen LogP contribution in [-0.4, -0.2) is 16.0 Å². The average molecular weight is 297 g/mol. The van der Waals surface area contributed by atoms with Gasteiger partial charge in [0, 0.05) is 22.4 Å². The maximum Gasteiger partial charge on any atom is 0.273 e. The summed E-state index contributed by atoms with van der Waals surface area (Å²) in [5, 5.41) is 7.65. The van der Waals surface area contributed by atoms with E-state index in [9.17, 15) is 4.79 Å². The first kappa shape index (κ1) is 14.4. The lowest BCUT2D eigenvalue weighted by molar-refractivity contribution is 0.102. The molecule has 0 aliphatic carbocycles. The lowest BCUT2D eigenvalue weighted by atomic mass is 9.93. The van der Waals surface area contributed by atoms with Gasteiger partial charge in [-0.3, -0.25) is 4.79 Å². The minimum Gasteiger partial charge on any atom is -0.359 e. The van der Waals surface area contributed by atoms with E-state index in [-0.39, 0.29) is 11.3 Å². The monoisotopic (exact) mass is 297 g/mol. The van der Waals surface area contributed by atoms with Gasteiger partial charge in [0.25, 0.3) is 5.91 Å². The molecule has 0 aliphatic rings. The van der Waals surface area contributed by atoms with Crippen molar-refractivity contribution in [3.8, 4) is 0 Å². The molecule has 0 bridgehead atoms. The fourth-order valence-corrected chi connectivity index (χ4v) is 2.23. The number of anilines is 1. The maximum atomic E-state index is 12.3. The average Bonchev–Trinajstić information content (AvgIpc) is 3.03. The van der Waals surface area contributed by atoms with E-state index >= 15 is 0 Å². The summed E-state index contributed by atoms with van der Waals surface area (Å²) in [5.74, 6) is 0.919. The summed E-state index contributed by atoms with van der Waals surface area (Å²) in [6, 6.07) is 9.61. The molecule has 114 valence electrons. The van der Waals surface area contributed by atoms with Gasteiger partial charge < -0.3 is 14.8 Å². The van der Waals surface area contributed by atoms with E-state index in [2.05, 4.69) is 15.5 Å². The van der Waals surface area contributed by atoms with Gasteiger partial charge >= 0.3 is 0 Å². The topological polar surface area (TPSA) is 70.9 Å². The number of nitrogens with one attached hydrogen (secondary N) is 2. The van der Waals surface area contributed by atoms with Crippen molar-refractivity contribution in [3.63, 3.8) is 0 Å². The Balaban J connectivity index is 1.82. The highest BCUT2D eigenvalue weighted by atomic mass is 16.5. The number of nitrogens with zero attached hydrogens (tertiary/aromatic N) is 1. The van der Waals surface area contributed by atoms with E-state index in [0.29, 0.717) is 11.5 Å². The summed E-state index contributed by atoms with van der Waals surface area (Å²) in [6.45, 7) is 8.10. The van der Waals surface area contributed by atoms with Crippen LogP contribution in [0.4, 0.5) is 5.82 Å². The number of H-pyrrole nitrogens is 1. The largest absolute Gasteiger partial charge is 0.359 e. The Bertz CT molecular complexity index is 837. The third kappa shape index (κ3) is 2.74. The number of aromatic nitrogens is 2. The van der Waals surface area contributed by atoms with Gasteiger partial charge in [0.2, 0.25) is 0 Å². The van der Waals surface area contributed by atoms with Crippen LogP contribution in [0.3, 0.4) is 0 Å². The number of benzene rings is 1. The molecule has 3 rings (SSSR count). The first-order valence-electron chi connectivity index (χ1n) is 7.21. The minimum absolute atomic E-state index is 0.144. The van der Waals surface area contributed by atoms with Crippen LogP contribution in [0.1, 0.15) is 42.6 Å². The zero-order chi connectivity index (χ0) is 15.9. The maximum absolute atomic E-state index is 12.3. The quantitative estimate of drug-likeness (QED) is 0.750. The van der Waals surface area contributed by atoms with E-state index < -0.39 is 0 Å². The molecule has 0 fully saturated rings. The van der Waals surface area contributed by atoms with E-state index in [4.69, 9.17) is 4.52 Å². The number of rotatable bonds is 2. The van der Waals surface area contributed by atoms with Gasteiger partial charge in [-0.05, 0) is 24.6 Å². The molecular weight excluding hydrogens is 278 g/mol. The number of hydrogen-bond acceptors (Lipinski definition) is 3. The minimum atomic E-state index is -0.234. The zero-order valence-electron chi connectivity index (χ0n) is 13.2. The fourth-order valence-electron chi connectivity index (χ4n) is 2.23. The normalized spacial score (nSPS) is 11.8. The highest BCUT2D eigenvalue weighted by Gasteiger charge is 2.20. The van der Waals surface area contributed by atoms with Gasteiger partial charge in [-0.25, -0.2) is 0 Å². The molecule has 5 heteroatoms. The Morgan fingerprint density at radius 1 is 1.23 bits per heavy atom. The van der Waals surface area contributed by atoms with Crippen molar-refractivity contribution >= 4 is 22.6 Å². The summed E-state index contributed by atoms with van der Waals surface area (Å²) >= 11 is 0. The smallest absolute Gasteiger partial charge is 0.273 e. The molecule has 0 aliphatic heterocycles. The molecule has 2 heterocycles. The SMILES string of the molecule is Cc1ccc2cc(C(=O)Nc3cc(C(C)(C)C)on3)[nH]c2c1. The second kappa shape index (κ2) is 5.02. The van der Waals surface area contributed by atoms with Crippen molar-refractivity contribution < 1.29 is 9.32 Å². The Hall–Kier alpha value is -2.56. The summed E-state index contributed by atoms with van der Waals surface area (Å²) in [4.78, 5) is 15.4. The van der Waals surface area contributed by atoms with Crippen molar-refractivity contribution in [3.05, 3.63) is 47.3 Å². The van der Waals surface area contributed by atoms with Crippen molar-refractivity contribution in [1.29, 1.82) is 0 Å². The van der Waals surface area contributed by atoms with Crippen molar-refractivity contribution in [2.75, 3.05) is 5.32 Å². The number of amides is 1. The molecule has 0 atom stereocenters. The molecule has 3 aromatic rings. The third-order valence-electron chi connectivity index (χ3n) is 3.51. The van der Waals surface area contributed by atoms with Crippen LogP contribution >= 0.6 is 0 Å². The van der Waals surface area contributed by atoms with Crippen LogP contribution in [0.15, 0.2) is 34.9 Å². The van der Waals surface area contributed by atoms with Crippen molar-refractivity contribution in [2.24, 2.45) is 0 Å². The third-order valence-corrected chi connectivity index (χ3v) is 3.51. The van der Waals surface area contributed by atoms with Crippen LogP contribution in [0.2, 0.25) is 0 Å². The predicted octanol–water partition coefficient (Wildman–Crippen LogP) is 4.01. The van der Waals surface area contributed by atoms with Crippen LogP contribution in [0.25, 0.3) is 10.9 Å². The lowest BCUT2D eigenvalue weighted by Gasteiger charge is -2.11. The standard InChI is InChI=1S/C17H19N3O2/c1-10-5-6-11-8-13(18-12(11)7-10)16(21)19-15-9-14(22-20-15)17(2,3)4/h5-9,18H,1-4H3,(H,19,20,21). The van der Waals surface area contributed by atoms with Gasteiger partial charge in [0.15, 0.2) is 5.82 Å². The van der Waals surface area contributed by atoms with Crippen LogP contribution in [-0.2, 0) is 5.41 Å². The molecule has 0 saturated heterocycles. The van der Waals surface area contributed by atoms with Gasteiger partial charge in [-0.2, -0.15) is 0 Å². The van der Waals surface area contributed by atoms with Crippen LogP contribution in [0.5, 0.6) is 0 Å². The van der Waals surface area contributed by atoms with Gasteiger partial charge in [-0.15, -0.1) is 0 Å². The molecular formula is C17H19N3O2. The van der Waals surface area contributed by atoms with E-state index in [1.54, 1.807) is 6.07 Å². The number of aryl methyl sites for hydroxylation is 1. The molecule has 22 heavy (non-hydrogen) atoms. The van der Waals surface area contributed by atoms with Crippen molar-refractivity contribution in [1.82, 2.24) is 10.1 Å². The van der Waals surface area contributed by atoms with Gasteiger partial charge in [-0.1, -0.05) is 38.1 Å². The second-order valence-electron chi connectivity index (χ2n) is 6.55. The summed E-state index contributed by atoms with van der Waals surface area (Å²) in [6.07, 6.45) is 0. The van der Waals surface area contributed by atoms with Crippen LogP contribution < -0.4 is 5.32 Å². The van der Waals surface area contributed by atoms with E-state index in [1.807, 2.05) is 52.0 Å². The van der Waals surface area contributed by atoms with Gasteiger partial charge in [0.1, 0.15) is 11.5 Å². The highest BCUT2D eigenvalue weighted by molar-refractivity contribution is 6.05. The fraction of sp³-hybridized carbons (Fsp3) is 0.294. The Morgan fingerprint density at radius 2 is 2.00 bits per heavy atom. The van der Waals surface area contributed by atoms with E-state index in [1.165, 1.54) is 0 Å². The van der Waals surface area contributed by atoms with Crippen molar-refractivity contribution in [2.45, 2.75) is 33.1 Å². The van der Waals surface area contributed by atoms with Crippen LogP contribution in [0, 0.1) is 6.92 Å². The molecule has 1 aromatic carbocycles. The Kier molecular flexibility index (Phi) is 3.28. The number of carbonyl (C=O) groups excluding carboxylic acids is 1. The Morgan fingerprint density at radius 3 is 2.68 bits per heavy atom. The van der Waals surface area contributed by atoms with Gasteiger partial charge in [0.05, 0.1) is 0 Å². The molecule has 2 aromatic heterocycles. The highest BCUT2D eigenvalue weighted by Crippen LogP contribution is 2.25. The summed E-state index contributed by atoms with van der Waals surface area (Å²) in [5.41, 5.74) is 2.45. The summed E-state index contributed by atoms with van der Waals surface area (Å²) < 4.78 is 5.27. The number of fused-ring (bicyclic) bond motifs is 1. The first-order chi connectivity index (χ1) is 10.3. The number of carbonyl (C=O) groups is 1. The molecule has 0 spiro atoms. The van der Waals surface area contributed by atoms with E-state index in [0.717, 1.165) is 22.2 Å². The molecule has 0 saturated carbocycles. The zero-order valence-corrected chi connectivity index (χ0v) is 13.2. The predicted molar refractivity (Wildman–Crippen MR) is 86.2 cm³/mol. The number of hydrogen-bond donors (Lipinski definition) is 2. The molecule has 2 N–H and O–H groups in total. The Labute approximate surface area is 128 Å². The second-order valence-corrected chi connectivity index (χ2v) is 6.55. The lowest BCUT2D eigenvalue weighted by Crippen LogP contribution is -2.12. The summed E-state index contributed by atoms with van der Waals surface area (Å²) in [7, 11) is 0.